The highest BCUT2D eigenvalue weighted by molar-refractivity contribution is 6.30. The molecule has 5 nitrogen and oxygen atoms in total. The molecule has 0 fully saturated rings. The van der Waals surface area contributed by atoms with Crippen molar-refractivity contribution in [1.29, 1.82) is 0 Å². The minimum atomic E-state index is -0.300. The molecule has 1 heterocycles. The number of aryl methyl sites for hydroxylation is 1. The highest BCUT2D eigenvalue weighted by Crippen LogP contribution is 2.22. The lowest BCUT2D eigenvalue weighted by Crippen LogP contribution is -2.25. The fraction of sp³-hybridized carbons (Fsp3) is 0.238. The van der Waals surface area contributed by atoms with Gasteiger partial charge < -0.3 is 14.5 Å². The van der Waals surface area contributed by atoms with E-state index in [1.807, 2.05) is 12.1 Å². The summed E-state index contributed by atoms with van der Waals surface area (Å²) in [6.45, 7) is 0.942. The number of oxazole rings is 1. The molecule has 0 atom stereocenters. The van der Waals surface area contributed by atoms with Crippen LogP contribution in [0.3, 0.4) is 0 Å². The first-order valence-electron chi connectivity index (χ1n) is 8.96. The molecular weight excluding hydrogens is 383 g/mol. The summed E-state index contributed by atoms with van der Waals surface area (Å²) in [4.78, 5) is 16.1. The molecule has 0 aliphatic heterocycles. The summed E-state index contributed by atoms with van der Waals surface area (Å²) < 4.78 is 23.9. The highest BCUT2D eigenvalue weighted by Gasteiger charge is 2.09. The summed E-state index contributed by atoms with van der Waals surface area (Å²) in [6.07, 6.45) is 3.01. The van der Waals surface area contributed by atoms with E-state index in [9.17, 15) is 9.18 Å². The third-order valence-electron chi connectivity index (χ3n) is 3.97. The number of halogens is 2. The Kier molecular flexibility index (Phi) is 7.03. The zero-order chi connectivity index (χ0) is 19.8. The van der Waals surface area contributed by atoms with Gasteiger partial charge in [0.05, 0.1) is 12.8 Å². The molecule has 1 N–H and O–H groups in total. The van der Waals surface area contributed by atoms with Gasteiger partial charge in [-0.1, -0.05) is 11.6 Å². The van der Waals surface area contributed by atoms with Gasteiger partial charge in [0.25, 0.3) is 0 Å². The number of carbonyl (C=O) groups excluding carboxylic acids is 1. The number of carbonyl (C=O) groups is 1. The van der Waals surface area contributed by atoms with E-state index in [1.165, 1.54) is 12.1 Å². The molecule has 0 saturated heterocycles. The largest absolute Gasteiger partial charge is 0.494 e. The summed E-state index contributed by atoms with van der Waals surface area (Å²) >= 11 is 5.87. The molecule has 0 spiro atoms. The van der Waals surface area contributed by atoms with Crippen LogP contribution >= 0.6 is 11.6 Å². The number of amides is 1. The summed E-state index contributed by atoms with van der Waals surface area (Å²) in [5.41, 5.74) is 0.883. The Morgan fingerprint density at radius 3 is 2.64 bits per heavy atom. The van der Waals surface area contributed by atoms with E-state index in [1.54, 1.807) is 30.5 Å². The lowest BCUT2D eigenvalue weighted by molar-refractivity contribution is -0.121. The first-order valence-corrected chi connectivity index (χ1v) is 9.33. The summed E-state index contributed by atoms with van der Waals surface area (Å²) in [5, 5.41) is 3.49. The van der Waals surface area contributed by atoms with Crippen LogP contribution in [0.25, 0.3) is 11.3 Å². The van der Waals surface area contributed by atoms with Gasteiger partial charge in [-0.15, -0.1) is 0 Å². The van der Waals surface area contributed by atoms with Gasteiger partial charge in [-0.25, -0.2) is 9.37 Å². The minimum absolute atomic E-state index is 0.0759. The second-order valence-corrected chi connectivity index (χ2v) is 6.57. The standard InChI is InChI=1S/C21H20ClFN2O3/c22-16-4-2-15(3-5-16)19-14-25-21(28-19)11-10-20(26)24-12-1-13-27-18-8-6-17(23)7-9-18/h2-9,14H,1,10-13H2,(H,24,26). The SMILES string of the molecule is O=C(CCc1ncc(-c2ccc(Cl)cc2)o1)NCCCOc1ccc(F)cc1. The molecule has 3 rings (SSSR count). The fourth-order valence-corrected chi connectivity index (χ4v) is 2.63. The zero-order valence-corrected chi connectivity index (χ0v) is 15.9. The number of hydrogen-bond donors (Lipinski definition) is 1. The lowest BCUT2D eigenvalue weighted by Gasteiger charge is -2.07. The van der Waals surface area contributed by atoms with Gasteiger partial charge in [0.1, 0.15) is 11.6 Å². The molecule has 7 heteroatoms. The van der Waals surface area contributed by atoms with Gasteiger partial charge in [-0.05, 0) is 55.0 Å². The van der Waals surface area contributed by atoms with Crippen molar-refractivity contribution >= 4 is 17.5 Å². The number of nitrogens with one attached hydrogen (secondary N) is 1. The predicted octanol–water partition coefficient (Wildman–Crippen LogP) is 4.65. The molecule has 0 unspecified atom stereocenters. The molecule has 1 aromatic heterocycles. The molecule has 28 heavy (non-hydrogen) atoms. The van der Waals surface area contributed by atoms with Gasteiger partial charge in [0.15, 0.2) is 11.7 Å². The van der Waals surface area contributed by atoms with E-state index in [-0.39, 0.29) is 11.7 Å². The van der Waals surface area contributed by atoms with Crippen LogP contribution in [0.4, 0.5) is 4.39 Å². The summed E-state index contributed by atoms with van der Waals surface area (Å²) in [7, 11) is 0. The third kappa shape index (κ3) is 6.09. The molecule has 0 radical (unpaired) electrons. The second-order valence-electron chi connectivity index (χ2n) is 6.13. The van der Waals surface area contributed by atoms with Crippen molar-refractivity contribution in [2.45, 2.75) is 19.3 Å². The predicted molar refractivity (Wildman–Crippen MR) is 105 cm³/mol. The van der Waals surface area contributed by atoms with Gasteiger partial charge in [0, 0.05) is 30.0 Å². The van der Waals surface area contributed by atoms with Crippen molar-refractivity contribution in [1.82, 2.24) is 10.3 Å². The molecule has 0 aliphatic rings. The van der Waals surface area contributed by atoms with E-state index in [0.29, 0.717) is 54.8 Å². The van der Waals surface area contributed by atoms with Crippen LogP contribution < -0.4 is 10.1 Å². The molecule has 0 aliphatic carbocycles. The maximum absolute atomic E-state index is 12.8. The van der Waals surface area contributed by atoms with Gasteiger partial charge >= 0.3 is 0 Å². The third-order valence-corrected chi connectivity index (χ3v) is 4.23. The average Bonchev–Trinajstić information content (AvgIpc) is 3.17. The number of aromatic nitrogens is 1. The number of ether oxygens (including phenoxy) is 1. The monoisotopic (exact) mass is 402 g/mol. The molecule has 146 valence electrons. The Labute approximate surface area is 167 Å². The van der Waals surface area contributed by atoms with E-state index >= 15 is 0 Å². The molecule has 2 aromatic carbocycles. The van der Waals surface area contributed by atoms with E-state index in [0.717, 1.165) is 5.56 Å². The lowest BCUT2D eigenvalue weighted by atomic mass is 10.2. The smallest absolute Gasteiger partial charge is 0.220 e. The molecule has 0 saturated carbocycles. The normalized spacial score (nSPS) is 10.6. The van der Waals surface area contributed by atoms with Crippen molar-refractivity contribution in [2.75, 3.05) is 13.2 Å². The number of nitrogens with zero attached hydrogens (tertiary/aromatic N) is 1. The van der Waals surface area contributed by atoms with Crippen LogP contribution in [-0.2, 0) is 11.2 Å². The summed E-state index contributed by atoms with van der Waals surface area (Å²) in [6, 6.07) is 13.1. The fourth-order valence-electron chi connectivity index (χ4n) is 2.50. The maximum atomic E-state index is 12.8. The zero-order valence-electron chi connectivity index (χ0n) is 15.2. The van der Waals surface area contributed by atoms with Crippen molar-refractivity contribution in [2.24, 2.45) is 0 Å². The van der Waals surface area contributed by atoms with Crippen LogP contribution in [0.5, 0.6) is 5.75 Å². The number of rotatable bonds is 9. The van der Waals surface area contributed by atoms with Crippen LogP contribution in [0.1, 0.15) is 18.7 Å². The maximum Gasteiger partial charge on any atom is 0.220 e. The van der Waals surface area contributed by atoms with E-state index < -0.39 is 0 Å². The van der Waals surface area contributed by atoms with Crippen LogP contribution in [0.15, 0.2) is 59.1 Å². The minimum Gasteiger partial charge on any atom is -0.494 e. The van der Waals surface area contributed by atoms with Gasteiger partial charge in [-0.2, -0.15) is 0 Å². The van der Waals surface area contributed by atoms with Crippen molar-refractivity contribution in [3.8, 4) is 17.1 Å². The van der Waals surface area contributed by atoms with Crippen LogP contribution in [0.2, 0.25) is 5.02 Å². The Morgan fingerprint density at radius 1 is 1.14 bits per heavy atom. The highest BCUT2D eigenvalue weighted by atomic mass is 35.5. The Hall–Kier alpha value is -2.86. The Balaban J connectivity index is 1.33. The van der Waals surface area contributed by atoms with Gasteiger partial charge in [0.2, 0.25) is 5.91 Å². The van der Waals surface area contributed by atoms with Crippen LogP contribution in [-0.4, -0.2) is 24.0 Å². The van der Waals surface area contributed by atoms with E-state index in [4.69, 9.17) is 20.8 Å². The quantitative estimate of drug-likeness (QED) is 0.529. The topological polar surface area (TPSA) is 64.4 Å². The number of hydrogen-bond acceptors (Lipinski definition) is 4. The molecule has 0 bridgehead atoms. The summed E-state index contributed by atoms with van der Waals surface area (Å²) in [5.74, 6) is 1.39. The molecular formula is C21H20ClFN2O3. The second kappa shape index (κ2) is 9.90. The Morgan fingerprint density at radius 2 is 1.89 bits per heavy atom. The van der Waals surface area contributed by atoms with Crippen molar-refractivity contribution < 1.29 is 18.3 Å². The van der Waals surface area contributed by atoms with Gasteiger partial charge in [-0.3, -0.25) is 4.79 Å². The first kappa shape index (κ1) is 19.9. The van der Waals surface area contributed by atoms with E-state index in [2.05, 4.69) is 10.3 Å². The average molecular weight is 403 g/mol. The first-order chi connectivity index (χ1) is 13.6. The van der Waals surface area contributed by atoms with Crippen molar-refractivity contribution in [3.05, 3.63) is 71.5 Å². The van der Waals surface area contributed by atoms with Crippen LogP contribution in [0, 0.1) is 5.82 Å². The number of benzene rings is 2. The van der Waals surface area contributed by atoms with Crippen molar-refractivity contribution in [3.63, 3.8) is 0 Å². The Bertz CT molecular complexity index is 895. The molecule has 1 amide bonds. The molecule has 3 aromatic rings.